The summed E-state index contributed by atoms with van der Waals surface area (Å²) in [6.07, 6.45) is 9.82. The number of hydroxylamine groups is 2. The normalized spacial score (nSPS) is 14.5. The molecule has 1 atom stereocenters. The van der Waals surface area contributed by atoms with E-state index in [4.69, 9.17) is 4.84 Å². The molecule has 1 aliphatic rings. The predicted octanol–water partition coefficient (Wildman–Crippen LogP) is 4.91. The van der Waals surface area contributed by atoms with E-state index in [0.29, 0.717) is 5.06 Å². The molecule has 1 aromatic carbocycles. The van der Waals surface area contributed by atoms with Crippen molar-refractivity contribution in [3.8, 4) is 0 Å². The van der Waals surface area contributed by atoms with E-state index < -0.39 is 17.8 Å². The maximum absolute atomic E-state index is 12.2. The van der Waals surface area contributed by atoms with Crippen LogP contribution in [-0.2, 0) is 9.63 Å². The third-order valence-corrected chi connectivity index (χ3v) is 4.77. The van der Waals surface area contributed by atoms with E-state index in [1.54, 1.807) is 24.3 Å². The number of benzene rings is 1. The highest BCUT2D eigenvalue weighted by Gasteiger charge is 2.38. The van der Waals surface area contributed by atoms with Gasteiger partial charge in [0, 0.05) is 0 Å². The summed E-state index contributed by atoms with van der Waals surface area (Å²) in [4.78, 5) is 41.5. The largest absolute Gasteiger partial charge is 0.333 e. The van der Waals surface area contributed by atoms with E-state index >= 15 is 0 Å². The number of fused-ring (bicyclic) bond motifs is 1. The van der Waals surface area contributed by atoms with Crippen molar-refractivity contribution in [2.45, 2.75) is 71.6 Å². The molecule has 1 aliphatic heterocycles. The number of carbonyl (C=O) groups excluding carboxylic acids is 3. The summed E-state index contributed by atoms with van der Waals surface area (Å²) in [5.74, 6) is -1.50. The van der Waals surface area contributed by atoms with Crippen molar-refractivity contribution in [1.82, 2.24) is 5.06 Å². The number of amides is 2. The van der Waals surface area contributed by atoms with Crippen LogP contribution in [0.5, 0.6) is 0 Å². The number of hydrogen-bond acceptors (Lipinski definition) is 4. The van der Waals surface area contributed by atoms with Crippen LogP contribution in [0.3, 0.4) is 0 Å². The van der Waals surface area contributed by atoms with Crippen molar-refractivity contribution in [3.05, 3.63) is 35.4 Å². The van der Waals surface area contributed by atoms with Crippen LogP contribution < -0.4 is 0 Å². The van der Waals surface area contributed by atoms with E-state index in [1.165, 1.54) is 38.5 Å². The van der Waals surface area contributed by atoms with Crippen LogP contribution in [0.25, 0.3) is 0 Å². The SMILES string of the molecule is CCCCCCCCCC(C)CC(=O)ON1C(=O)c2ccccc2C1=O. The van der Waals surface area contributed by atoms with Crippen LogP contribution in [-0.4, -0.2) is 22.8 Å². The Morgan fingerprint density at radius 2 is 1.50 bits per heavy atom. The van der Waals surface area contributed by atoms with Crippen molar-refractivity contribution >= 4 is 17.8 Å². The molecule has 0 saturated carbocycles. The minimum atomic E-state index is -0.571. The molecule has 142 valence electrons. The molecule has 0 saturated heterocycles. The molecule has 0 aromatic heterocycles. The molecule has 1 aromatic rings. The van der Waals surface area contributed by atoms with Gasteiger partial charge in [0.15, 0.2) is 0 Å². The number of nitrogens with zero attached hydrogens (tertiary/aromatic N) is 1. The highest BCUT2D eigenvalue weighted by Crippen LogP contribution is 2.23. The summed E-state index contributed by atoms with van der Waals surface area (Å²) < 4.78 is 0. The molecule has 2 rings (SSSR count). The Morgan fingerprint density at radius 3 is 2.08 bits per heavy atom. The zero-order valence-corrected chi connectivity index (χ0v) is 15.8. The highest BCUT2D eigenvalue weighted by atomic mass is 16.7. The molecule has 0 bridgehead atoms. The lowest BCUT2D eigenvalue weighted by Crippen LogP contribution is -2.33. The second kappa shape index (κ2) is 10.1. The minimum Gasteiger partial charge on any atom is -0.330 e. The Labute approximate surface area is 155 Å². The van der Waals surface area contributed by atoms with Crippen LogP contribution >= 0.6 is 0 Å². The van der Waals surface area contributed by atoms with Crippen LogP contribution in [0.1, 0.15) is 92.4 Å². The van der Waals surface area contributed by atoms with E-state index in [1.807, 2.05) is 6.92 Å². The van der Waals surface area contributed by atoms with Crippen molar-refractivity contribution in [1.29, 1.82) is 0 Å². The summed E-state index contributed by atoms with van der Waals surface area (Å²) in [5, 5.41) is 0.591. The quantitative estimate of drug-likeness (QED) is 0.416. The fourth-order valence-electron chi connectivity index (χ4n) is 3.23. The summed E-state index contributed by atoms with van der Waals surface area (Å²) >= 11 is 0. The van der Waals surface area contributed by atoms with Crippen LogP contribution in [0.4, 0.5) is 0 Å². The van der Waals surface area contributed by atoms with Crippen molar-refractivity contribution in [3.63, 3.8) is 0 Å². The number of imide groups is 1. The smallest absolute Gasteiger partial charge is 0.330 e. The molecule has 5 nitrogen and oxygen atoms in total. The topological polar surface area (TPSA) is 63.7 Å². The molecule has 26 heavy (non-hydrogen) atoms. The Kier molecular flexibility index (Phi) is 7.82. The van der Waals surface area contributed by atoms with Gasteiger partial charge in [-0.15, -0.1) is 0 Å². The molecule has 0 fully saturated rings. The second-order valence-corrected chi connectivity index (χ2v) is 7.13. The Hall–Kier alpha value is -2.17. The van der Waals surface area contributed by atoms with Gasteiger partial charge in [-0.2, -0.15) is 0 Å². The Bertz CT molecular complexity index is 606. The molecule has 5 heteroatoms. The van der Waals surface area contributed by atoms with E-state index in [0.717, 1.165) is 12.8 Å². The summed E-state index contributed by atoms with van der Waals surface area (Å²) in [6.45, 7) is 4.21. The number of hydrogen-bond donors (Lipinski definition) is 0. The molecule has 0 N–H and O–H groups in total. The van der Waals surface area contributed by atoms with Gasteiger partial charge >= 0.3 is 5.97 Å². The standard InChI is InChI=1S/C21H29NO4/c1-3-4-5-6-7-8-9-12-16(2)15-19(23)26-22-20(24)17-13-10-11-14-18(17)21(22)25/h10-11,13-14,16H,3-9,12,15H2,1-2H3. The van der Waals surface area contributed by atoms with Crippen molar-refractivity contribution in [2.24, 2.45) is 5.92 Å². The van der Waals surface area contributed by atoms with Gasteiger partial charge in [0.25, 0.3) is 11.8 Å². The Balaban J connectivity index is 1.69. The summed E-state index contributed by atoms with van der Waals surface area (Å²) in [6, 6.07) is 6.48. The van der Waals surface area contributed by atoms with Gasteiger partial charge in [-0.25, -0.2) is 4.79 Å². The van der Waals surface area contributed by atoms with Gasteiger partial charge in [0.05, 0.1) is 17.5 Å². The van der Waals surface area contributed by atoms with Gasteiger partial charge in [0.2, 0.25) is 0 Å². The Morgan fingerprint density at radius 1 is 0.962 bits per heavy atom. The number of unbranched alkanes of at least 4 members (excludes halogenated alkanes) is 6. The summed E-state index contributed by atoms with van der Waals surface area (Å²) in [7, 11) is 0. The molecule has 0 radical (unpaired) electrons. The fraction of sp³-hybridized carbons (Fsp3) is 0.571. The van der Waals surface area contributed by atoms with Crippen LogP contribution in [0.15, 0.2) is 24.3 Å². The summed E-state index contributed by atoms with van der Waals surface area (Å²) in [5.41, 5.74) is 0.558. The molecule has 1 heterocycles. The third kappa shape index (κ3) is 5.41. The zero-order chi connectivity index (χ0) is 18.9. The average Bonchev–Trinajstić information content (AvgIpc) is 2.86. The lowest BCUT2D eigenvalue weighted by atomic mass is 9.99. The molecule has 1 unspecified atom stereocenters. The van der Waals surface area contributed by atoms with E-state index in [-0.39, 0.29) is 23.5 Å². The average molecular weight is 359 g/mol. The first-order chi connectivity index (χ1) is 12.5. The number of carbonyl (C=O) groups is 3. The third-order valence-electron chi connectivity index (χ3n) is 4.77. The maximum Gasteiger partial charge on any atom is 0.333 e. The molecule has 0 aliphatic carbocycles. The first-order valence-corrected chi connectivity index (χ1v) is 9.73. The second-order valence-electron chi connectivity index (χ2n) is 7.13. The maximum atomic E-state index is 12.2. The first kappa shape index (κ1) is 20.1. The molecule has 2 amide bonds. The van der Waals surface area contributed by atoms with E-state index in [2.05, 4.69) is 6.92 Å². The first-order valence-electron chi connectivity index (χ1n) is 9.73. The van der Waals surface area contributed by atoms with Gasteiger partial charge in [-0.1, -0.05) is 82.4 Å². The minimum absolute atomic E-state index is 0.174. The molecular formula is C21H29NO4. The van der Waals surface area contributed by atoms with Gasteiger partial charge in [0.1, 0.15) is 0 Å². The fourth-order valence-corrected chi connectivity index (χ4v) is 3.23. The highest BCUT2D eigenvalue weighted by molar-refractivity contribution is 6.20. The zero-order valence-electron chi connectivity index (χ0n) is 15.8. The predicted molar refractivity (Wildman–Crippen MR) is 99.4 cm³/mol. The van der Waals surface area contributed by atoms with Crippen molar-refractivity contribution in [2.75, 3.05) is 0 Å². The number of rotatable bonds is 11. The molecule has 0 spiro atoms. The lowest BCUT2D eigenvalue weighted by molar-refractivity contribution is -0.169. The van der Waals surface area contributed by atoms with Crippen LogP contribution in [0.2, 0.25) is 0 Å². The van der Waals surface area contributed by atoms with Crippen molar-refractivity contribution < 1.29 is 19.2 Å². The lowest BCUT2D eigenvalue weighted by Gasteiger charge is -2.15. The van der Waals surface area contributed by atoms with Gasteiger partial charge < -0.3 is 4.84 Å². The van der Waals surface area contributed by atoms with E-state index in [9.17, 15) is 14.4 Å². The van der Waals surface area contributed by atoms with Crippen LogP contribution in [0, 0.1) is 5.92 Å². The molecular weight excluding hydrogens is 330 g/mol. The van der Waals surface area contributed by atoms with Gasteiger partial charge in [-0.3, -0.25) is 9.59 Å². The van der Waals surface area contributed by atoms with Gasteiger partial charge in [-0.05, 0) is 18.1 Å². The monoisotopic (exact) mass is 359 g/mol.